The van der Waals surface area contributed by atoms with Crippen LogP contribution in [-0.2, 0) is 6.42 Å². The second-order valence-corrected chi connectivity index (χ2v) is 7.72. The Hall–Kier alpha value is -3.48. The Balaban J connectivity index is 1.73. The van der Waals surface area contributed by atoms with Gasteiger partial charge in [-0.15, -0.1) is 0 Å². The summed E-state index contributed by atoms with van der Waals surface area (Å²) in [5, 5.41) is 6.19. The quantitative estimate of drug-likeness (QED) is 0.497. The summed E-state index contributed by atoms with van der Waals surface area (Å²) in [5.41, 5.74) is 7.32. The number of benzene rings is 1. The lowest BCUT2D eigenvalue weighted by Gasteiger charge is -2.12. The van der Waals surface area contributed by atoms with Crippen molar-refractivity contribution in [3.8, 4) is 11.3 Å². The molecule has 7 nitrogen and oxygen atoms in total. The molecule has 0 spiro atoms. The predicted molar refractivity (Wildman–Crippen MR) is 113 cm³/mol. The Kier molecular flexibility index (Phi) is 4.66. The van der Waals surface area contributed by atoms with Crippen molar-refractivity contribution in [3.05, 3.63) is 79.2 Å². The molecule has 1 aromatic carbocycles. The number of rotatable bonds is 4. The van der Waals surface area contributed by atoms with Crippen LogP contribution in [0.3, 0.4) is 0 Å². The normalized spacial score (nSPS) is 11.5. The SMILES string of the molecule is Cc1cc(-c2n[nH]c(=O)[nH]c2=O)cc(C)c1Cc1ccc2[nH]cc(C(C)C)c2n1. The molecule has 7 heteroatoms. The lowest BCUT2D eigenvalue weighted by Crippen LogP contribution is -2.25. The highest BCUT2D eigenvalue weighted by atomic mass is 16.2. The van der Waals surface area contributed by atoms with Crippen LogP contribution >= 0.6 is 0 Å². The van der Waals surface area contributed by atoms with Crippen LogP contribution in [0.2, 0.25) is 0 Å². The van der Waals surface area contributed by atoms with E-state index in [4.69, 9.17) is 4.98 Å². The van der Waals surface area contributed by atoms with Gasteiger partial charge in [-0.05, 0) is 66.3 Å². The highest BCUT2D eigenvalue weighted by Crippen LogP contribution is 2.27. The molecule has 148 valence electrons. The number of aromatic nitrogens is 5. The van der Waals surface area contributed by atoms with E-state index in [1.807, 2.05) is 38.2 Å². The first-order valence-electron chi connectivity index (χ1n) is 9.60. The minimum absolute atomic E-state index is 0.204. The Bertz CT molecular complexity index is 1300. The minimum atomic E-state index is -0.615. The molecular weight excluding hydrogens is 366 g/mol. The molecule has 0 saturated heterocycles. The van der Waals surface area contributed by atoms with Gasteiger partial charge in [0.2, 0.25) is 0 Å². The van der Waals surface area contributed by atoms with Crippen LogP contribution < -0.4 is 11.2 Å². The molecule has 0 unspecified atom stereocenters. The van der Waals surface area contributed by atoms with E-state index in [1.54, 1.807) is 0 Å². The van der Waals surface area contributed by atoms with E-state index in [1.165, 1.54) is 11.1 Å². The van der Waals surface area contributed by atoms with Crippen molar-refractivity contribution < 1.29 is 0 Å². The van der Waals surface area contributed by atoms with Gasteiger partial charge in [0.05, 0.1) is 11.0 Å². The molecule has 0 saturated carbocycles. The fourth-order valence-corrected chi connectivity index (χ4v) is 3.73. The maximum Gasteiger partial charge on any atom is 0.342 e. The van der Waals surface area contributed by atoms with E-state index in [0.29, 0.717) is 17.9 Å². The molecule has 0 amide bonds. The average molecular weight is 389 g/mol. The van der Waals surface area contributed by atoms with Gasteiger partial charge in [0, 0.05) is 23.9 Å². The van der Waals surface area contributed by atoms with Crippen LogP contribution in [0.25, 0.3) is 22.3 Å². The van der Waals surface area contributed by atoms with Crippen molar-refractivity contribution in [2.24, 2.45) is 0 Å². The van der Waals surface area contributed by atoms with Crippen molar-refractivity contribution in [3.63, 3.8) is 0 Å². The van der Waals surface area contributed by atoms with Crippen LogP contribution in [0, 0.1) is 13.8 Å². The number of aryl methyl sites for hydroxylation is 2. The van der Waals surface area contributed by atoms with Crippen molar-refractivity contribution in [2.45, 2.75) is 40.0 Å². The van der Waals surface area contributed by atoms with Crippen molar-refractivity contribution in [1.82, 2.24) is 25.1 Å². The van der Waals surface area contributed by atoms with Crippen LogP contribution in [0.1, 0.15) is 47.7 Å². The maximum atomic E-state index is 12.1. The number of nitrogens with zero attached hydrogens (tertiary/aromatic N) is 2. The van der Waals surface area contributed by atoms with Crippen LogP contribution in [0.5, 0.6) is 0 Å². The van der Waals surface area contributed by atoms with Crippen molar-refractivity contribution in [2.75, 3.05) is 0 Å². The van der Waals surface area contributed by atoms with Crippen molar-refractivity contribution >= 4 is 11.0 Å². The molecule has 0 aliphatic heterocycles. The molecule has 3 aromatic heterocycles. The largest absolute Gasteiger partial charge is 0.360 e. The minimum Gasteiger partial charge on any atom is -0.360 e. The first-order chi connectivity index (χ1) is 13.8. The van der Waals surface area contributed by atoms with E-state index in [9.17, 15) is 9.59 Å². The zero-order chi connectivity index (χ0) is 20.7. The summed E-state index contributed by atoms with van der Waals surface area (Å²) in [6, 6.07) is 7.97. The summed E-state index contributed by atoms with van der Waals surface area (Å²) >= 11 is 0. The lowest BCUT2D eigenvalue weighted by atomic mass is 9.94. The lowest BCUT2D eigenvalue weighted by molar-refractivity contribution is 0.871. The molecule has 0 aliphatic rings. The summed E-state index contributed by atoms with van der Waals surface area (Å²) in [7, 11) is 0. The summed E-state index contributed by atoms with van der Waals surface area (Å²) < 4.78 is 0. The zero-order valence-electron chi connectivity index (χ0n) is 16.9. The molecule has 4 rings (SSSR count). The molecule has 29 heavy (non-hydrogen) atoms. The first kappa shape index (κ1) is 18.9. The van der Waals surface area contributed by atoms with E-state index in [-0.39, 0.29) is 5.69 Å². The van der Waals surface area contributed by atoms with Gasteiger partial charge in [-0.1, -0.05) is 13.8 Å². The van der Waals surface area contributed by atoms with Gasteiger partial charge >= 0.3 is 5.69 Å². The third-order valence-corrected chi connectivity index (χ3v) is 5.27. The maximum absolute atomic E-state index is 12.1. The first-order valence-corrected chi connectivity index (χ1v) is 9.60. The molecule has 0 atom stereocenters. The summed E-state index contributed by atoms with van der Waals surface area (Å²) in [4.78, 5) is 33.7. The number of fused-ring (bicyclic) bond motifs is 1. The summed E-state index contributed by atoms with van der Waals surface area (Å²) in [6.45, 7) is 8.35. The Morgan fingerprint density at radius 1 is 1.07 bits per heavy atom. The Morgan fingerprint density at radius 2 is 1.79 bits per heavy atom. The smallest absolute Gasteiger partial charge is 0.342 e. The van der Waals surface area contributed by atoms with E-state index in [0.717, 1.165) is 27.9 Å². The third kappa shape index (κ3) is 3.51. The summed E-state index contributed by atoms with van der Waals surface area (Å²) in [5.74, 6) is 0.400. The second kappa shape index (κ2) is 7.16. The number of H-pyrrole nitrogens is 3. The highest BCUT2D eigenvalue weighted by molar-refractivity contribution is 5.79. The topological polar surface area (TPSA) is 107 Å². The molecule has 3 N–H and O–H groups in total. The fourth-order valence-electron chi connectivity index (χ4n) is 3.73. The van der Waals surface area contributed by atoms with Gasteiger partial charge in [-0.2, -0.15) is 5.10 Å². The second-order valence-electron chi connectivity index (χ2n) is 7.72. The van der Waals surface area contributed by atoms with Crippen LogP contribution in [0.4, 0.5) is 0 Å². The van der Waals surface area contributed by atoms with Crippen LogP contribution in [-0.4, -0.2) is 25.1 Å². The number of hydrogen-bond donors (Lipinski definition) is 3. The number of aromatic amines is 3. The average Bonchev–Trinajstić information content (AvgIpc) is 3.08. The molecule has 0 aliphatic carbocycles. The standard InChI is InChI=1S/C22H23N5O2/c1-11(2)17-10-23-18-6-5-15(24-20(17)18)9-16-12(3)7-14(8-13(16)4)19-21(28)25-22(29)27-26-19/h5-8,10-11,23H,9H2,1-4H3,(H2,25,27,28,29). The van der Waals surface area contributed by atoms with Crippen molar-refractivity contribution in [1.29, 1.82) is 0 Å². The molecule has 0 bridgehead atoms. The van der Waals surface area contributed by atoms with E-state index in [2.05, 4.69) is 40.1 Å². The van der Waals surface area contributed by atoms with Gasteiger partial charge in [0.1, 0.15) is 0 Å². The van der Waals surface area contributed by atoms with E-state index < -0.39 is 11.2 Å². The predicted octanol–water partition coefficient (Wildman–Crippen LogP) is 3.33. The fraction of sp³-hybridized carbons (Fsp3) is 0.273. The zero-order valence-corrected chi connectivity index (χ0v) is 16.9. The summed E-state index contributed by atoms with van der Waals surface area (Å²) in [6.07, 6.45) is 2.73. The van der Waals surface area contributed by atoms with Gasteiger partial charge in [-0.3, -0.25) is 14.8 Å². The molecule has 3 heterocycles. The monoisotopic (exact) mass is 389 g/mol. The molecular formula is C22H23N5O2. The Labute approximate surface area is 167 Å². The van der Waals surface area contributed by atoms with Gasteiger partial charge < -0.3 is 4.98 Å². The van der Waals surface area contributed by atoms with Gasteiger partial charge in [-0.25, -0.2) is 9.89 Å². The van der Waals surface area contributed by atoms with E-state index >= 15 is 0 Å². The molecule has 0 fully saturated rings. The highest BCUT2D eigenvalue weighted by Gasteiger charge is 2.14. The van der Waals surface area contributed by atoms with Gasteiger partial charge in [0.25, 0.3) is 5.56 Å². The molecule has 0 radical (unpaired) electrons. The van der Waals surface area contributed by atoms with Crippen LogP contribution in [0.15, 0.2) is 40.1 Å². The number of pyridine rings is 1. The number of nitrogens with one attached hydrogen (secondary N) is 3. The number of hydrogen-bond acceptors (Lipinski definition) is 4. The van der Waals surface area contributed by atoms with Gasteiger partial charge in [0.15, 0.2) is 5.69 Å². The Morgan fingerprint density at radius 3 is 2.45 bits per heavy atom. The molecule has 4 aromatic rings. The third-order valence-electron chi connectivity index (χ3n) is 5.27.